The van der Waals surface area contributed by atoms with Crippen molar-refractivity contribution in [3.63, 3.8) is 0 Å². The second kappa shape index (κ2) is 7.19. The number of ether oxygens (including phenoxy) is 1. The maximum Gasteiger partial charge on any atom is 0.411 e. The van der Waals surface area contributed by atoms with Gasteiger partial charge >= 0.3 is 6.09 Å². The average Bonchev–Trinajstić information content (AvgIpc) is 3.32. The maximum absolute atomic E-state index is 13.1. The van der Waals surface area contributed by atoms with E-state index in [9.17, 15) is 9.59 Å². The first-order chi connectivity index (χ1) is 14.7. The van der Waals surface area contributed by atoms with Crippen LogP contribution < -0.4 is 5.56 Å². The number of aromatic amines is 2. The van der Waals surface area contributed by atoms with E-state index in [-0.39, 0.29) is 29.7 Å². The first kappa shape index (κ1) is 20.2. The topological polar surface area (TPSA) is 104 Å². The van der Waals surface area contributed by atoms with E-state index in [1.165, 1.54) is 11.3 Å². The van der Waals surface area contributed by atoms with Crippen LogP contribution in [0.2, 0.25) is 0 Å². The minimum absolute atomic E-state index is 0.123. The number of aromatic nitrogens is 4. The molecule has 1 atom stereocenters. The number of aryl methyl sites for hydroxylation is 1. The van der Waals surface area contributed by atoms with Gasteiger partial charge < -0.3 is 9.72 Å². The summed E-state index contributed by atoms with van der Waals surface area (Å²) in [7, 11) is 0. The van der Waals surface area contributed by atoms with Crippen molar-refractivity contribution in [3.8, 4) is 10.4 Å². The molecule has 3 aliphatic rings. The normalized spacial score (nSPS) is 23.5. The Morgan fingerprint density at radius 1 is 1.26 bits per heavy atom. The van der Waals surface area contributed by atoms with Crippen LogP contribution in [0.4, 0.5) is 4.79 Å². The molecular weight excluding hydrogens is 414 g/mol. The van der Waals surface area contributed by atoms with Crippen molar-refractivity contribution < 1.29 is 9.53 Å². The van der Waals surface area contributed by atoms with Crippen LogP contribution in [0.3, 0.4) is 0 Å². The Bertz CT molecular complexity index is 1200. The number of carbonyl (C=O) groups excluding carboxylic acids is 1. The van der Waals surface area contributed by atoms with Gasteiger partial charge in [0.05, 0.1) is 17.8 Å². The number of hydrogen-bond acceptors (Lipinski definition) is 6. The van der Waals surface area contributed by atoms with E-state index in [1.807, 2.05) is 38.7 Å². The van der Waals surface area contributed by atoms with Crippen molar-refractivity contribution in [2.24, 2.45) is 5.92 Å². The molecule has 0 unspecified atom stereocenters. The zero-order valence-corrected chi connectivity index (χ0v) is 19.0. The van der Waals surface area contributed by atoms with Gasteiger partial charge in [-0.3, -0.25) is 14.8 Å². The van der Waals surface area contributed by atoms with Crippen molar-refractivity contribution in [3.05, 3.63) is 34.1 Å². The number of hydrogen-bond donors (Lipinski definition) is 2. The number of piperidine rings is 2. The molecule has 3 fully saturated rings. The minimum atomic E-state index is -0.576. The maximum atomic E-state index is 13.1. The van der Waals surface area contributed by atoms with E-state index in [0.717, 1.165) is 41.8 Å². The third-order valence-electron chi connectivity index (χ3n) is 6.26. The van der Waals surface area contributed by atoms with Gasteiger partial charge in [0.2, 0.25) is 0 Å². The second-order valence-electron chi connectivity index (χ2n) is 9.59. The molecule has 5 heterocycles. The van der Waals surface area contributed by atoms with E-state index in [2.05, 4.69) is 15.2 Å². The lowest BCUT2D eigenvalue weighted by Crippen LogP contribution is -2.54. The second-order valence-corrected chi connectivity index (χ2v) is 10.6. The average molecular weight is 442 g/mol. The van der Waals surface area contributed by atoms with Gasteiger partial charge in [0, 0.05) is 22.2 Å². The highest BCUT2D eigenvalue weighted by Gasteiger charge is 2.47. The first-order valence-electron chi connectivity index (χ1n) is 10.8. The summed E-state index contributed by atoms with van der Waals surface area (Å²) in [6.07, 6.45) is 5.43. The summed E-state index contributed by atoms with van der Waals surface area (Å²) in [6, 6.07) is 1.80. The van der Waals surface area contributed by atoms with Crippen molar-refractivity contribution in [1.82, 2.24) is 25.1 Å². The van der Waals surface area contributed by atoms with Crippen molar-refractivity contribution in [2.75, 3.05) is 0 Å². The molecule has 9 heteroatoms. The fraction of sp³-hybridized carbons (Fsp3) is 0.545. The van der Waals surface area contributed by atoms with E-state index in [0.29, 0.717) is 16.0 Å². The highest BCUT2D eigenvalue weighted by Crippen LogP contribution is 2.47. The van der Waals surface area contributed by atoms with Gasteiger partial charge in [-0.15, -0.1) is 11.3 Å². The molecule has 3 aromatic heterocycles. The van der Waals surface area contributed by atoms with Crippen molar-refractivity contribution >= 4 is 27.6 Å². The Hall–Kier alpha value is -2.68. The SMILES string of the molecule is Cc1[nH]ncc1-c1cc2nc([C@H]3C4CCC(CC4)N3C(=O)OC(C)(C)C)[nH]c(=O)c2s1. The smallest absolute Gasteiger partial charge is 0.411 e. The van der Waals surface area contributed by atoms with E-state index < -0.39 is 5.60 Å². The van der Waals surface area contributed by atoms with Gasteiger partial charge in [-0.05, 0) is 65.4 Å². The summed E-state index contributed by atoms with van der Waals surface area (Å²) in [5, 5.41) is 7.02. The summed E-state index contributed by atoms with van der Waals surface area (Å²) < 4.78 is 6.31. The summed E-state index contributed by atoms with van der Waals surface area (Å²) in [5.74, 6) is 0.832. The predicted molar refractivity (Wildman–Crippen MR) is 119 cm³/mol. The van der Waals surface area contributed by atoms with Crippen LogP contribution in [-0.2, 0) is 4.74 Å². The summed E-state index contributed by atoms with van der Waals surface area (Å²) in [6.45, 7) is 7.57. The highest BCUT2D eigenvalue weighted by molar-refractivity contribution is 7.22. The molecule has 2 aliphatic heterocycles. The fourth-order valence-corrected chi connectivity index (χ4v) is 5.97. The van der Waals surface area contributed by atoms with E-state index in [1.54, 1.807) is 6.20 Å². The Morgan fingerprint density at radius 2 is 2.00 bits per heavy atom. The molecule has 0 radical (unpaired) electrons. The lowest BCUT2D eigenvalue weighted by Gasteiger charge is -2.50. The molecule has 2 saturated heterocycles. The third-order valence-corrected chi connectivity index (χ3v) is 7.42. The Kier molecular flexibility index (Phi) is 4.69. The number of H-pyrrole nitrogens is 2. The number of amides is 1. The van der Waals surface area contributed by atoms with Gasteiger partial charge in [-0.1, -0.05) is 0 Å². The molecule has 3 aromatic rings. The molecule has 2 N–H and O–H groups in total. The first-order valence-corrected chi connectivity index (χ1v) is 11.6. The predicted octanol–water partition coefficient (Wildman–Crippen LogP) is 4.53. The quantitative estimate of drug-likeness (QED) is 0.608. The fourth-order valence-electron chi connectivity index (χ4n) is 4.91. The number of nitrogens with one attached hydrogen (secondary N) is 2. The number of rotatable bonds is 2. The molecule has 164 valence electrons. The van der Waals surface area contributed by atoms with Crippen LogP contribution in [0.5, 0.6) is 0 Å². The summed E-state index contributed by atoms with van der Waals surface area (Å²) >= 11 is 1.41. The number of nitrogens with zero attached hydrogens (tertiary/aromatic N) is 3. The lowest BCUT2D eigenvalue weighted by molar-refractivity contribution is -0.0441. The van der Waals surface area contributed by atoms with Crippen molar-refractivity contribution in [1.29, 1.82) is 0 Å². The molecule has 2 bridgehead atoms. The molecule has 0 spiro atoms. The zero-order chi connectivity index (χ0) is 21.9. The molecular formula is C22H27N5O3S. The van der Waals surface area contributed by atoms with Crippen molar-refractivity contribution in [2.45, 2.75) is 71.1 Å². The molecule has 8 nitrogen and oxygen atoms in total. The Morgan fingerprint density at radius 3 is 2.65 bits per heavy atom. The largest absolute Gasteiger partial charge is 0.444 e. The van der Waals surface area contributed by atoms with Crippen LogP contribution in [0.15, 0.2) is 17.1 Å². The molecule has 6 rings (SSSR count). The summed E-state index contributed by atoms with van der Waals surface area (Å²) in [5.41, 5.74) is 1.83. The molecule has 1 saturated carbocycles. The van der Waals surface area contributed by atoms with Crippen LogP contribution >= 0.6 is 11.3 Å². The lowest BCUT2D eigenvalue weighted by atomic mass is 9.74. The number of thiophene rings is 1. The highest BCUT2D eigenvalue weighted by atomic mass is 32.1. The third kappa shape index (κ3) is 3.54. The van der Waals surface area contributed by atoms with Gasteiger partial charge in [-0.2, -0.15) is 5.10 Å². The van der Waals surface area contributed by atoms with Gasteiger partial charge in [0.1, 0.15) is 16.1 Å². The van der Waals surface area contributed by atoms with Crippen LogP contribution in [0, 0.1) is 12.8 Å². The zero-order valence-electron chi connectivity index (χ0n) is 18.2. The van der Waals surface area contributed by atoms with Gasteiger partial charge in [0.25, 0.3) is 5.56 Å². The van der Waals surface area contributed by atoms with Crippen LogP contribution in [-0.4, -0.2) is 42.8 Å². The number of carbonyl (C=O) groups is 1. The molecule has 0 aromatic carbocycles. The van der Waals surface area contributed by atoms with Gasteiger partial charge in [-0.25, -0.2) is 9.78 Å². The summed E-state index contributed by atoms with van der Waals surface area (Å²) in [4.78, 5) is 36.7. The van der Waals surface area contributed by atoms with E-state index in [4.69, 9.17) is 9.72 Å². The molecule has 31 heavy (non-hydrogen) atoms. The Balaban J connectivity index is 1.57. The Labute approximate surface area is 184 Å². The molecule has 1 aliphatic carbocycles. The van der Waals surface area contributed by atoms with E-state index >= 15 is 0 Å². The molecule has 1 amide bonds. The number of fused-ring (bicyclic) bond motifs is 4. The van der Waals surface area contributed by atoms with Crippen LogP contribution in [0.1, 0.15) is 64.0 Å². The monoisotopic (exact) mass is 441 g/mol. The van der Waals surface area contributed by atoms with Gasteiger partial charge in [0.15, 0.2) is 0 Å². The van der Waals surface area contributed by atoms with Crippen LogP contribution in [0.25, 0.3) is 20.7 Å². The standard InChI is InChI=1S/C22H27N5O3S/c1-11-14(10-23-26-11)16-9-15-18(31-16)20(28)25-19(24-15)17-12-5-7-13(8-6-12)27(17)21(29)30-22(2,3)4/h9-10,12-13,17H,5-8H2,1-4H3,(H,23,26)(H,24,25,28)/t12?,13?,17-/m1/s1. The minimum Gasteiger partial charge on any atom is -0.444 e.